The van der Waals surface area contributed by atoms with Crippen LogP contribution >= 0.6 is 0 Å². The molecule has 0 unspecified atom stereocenters. The van der Waals surface area contributed by atoms with Crippen molar-refractivity contribution in [3.63, 3.8) is 0 Å². The van der Waals surface area contributed by atoms with Gasteiger partial charge >= 0.3 is 5.97 Å². The van der Waals surface area contributed by atoms with Crippen molar-refractivity contribution in [3.8, 4) is 0 Å². The van der Waals surface area contributed by atoms with Gasteiger partial charge in [0.2, 0.25) is 0 Å². The first-order valence-electron chi connectivity index (χ1n) is 6.51. The SMILES string of the molecule is CCN(CC)c1cc(N(C)CCC(=O)O)nc(C)n1. The third-order valence-corrected chi connectivity index (χ3v) is 2.95. The summed E-state index contributed by atoms with van der Waals surface area (Å²) in [4.78, 5) is 23.4. The number of carboxylic acids is 1. The van der Waals surface area contributed by atoms with E-state index in [1.54, 1.807) is 0 Å². The lowest BCUT2D eigenvalue weighted by molar-refractivity contribution is -0.136. The van der Waals surface area contributed by atoms with E-state index in [1.807, 2.05) is 24.9 Å². The van der Waals surface area contributed by atoms with Gasteiger partial charge in [0.05, 0.1) is 6.42 Å². The summed E-state index contributed by atoms with van der Waals surface area (Å²) in [7, 11) is 1.84. The second kappa shape index (κ2) is 6.92. The maximum Gasteiger partial charge on any atom is 0.305 e. The Balaban J connectivity index is 2.92. The Morgan fingerprint density at radius 2 is 1.84 bits per heavy atom. The van der Waals surface area contributed by atoms with E-state index in [2.05, 4.69) is 28.7 Å². The van der Waals surface area contributed by atoms with Gasteiger partial charge < -0.3 is 14.9 Å². The third-order valence-electron chi connectivity index (χ3n) is 2.95. The van der Waals surface area contributed by atoms with E-state index >= 15 is 0 Å². The summed E-state index contributed by atoms with van der Waals surface area (Å²) >= 11 is 0. The number of carboxylic acid groups (broad SMARTS) is 1. The van der Waals surface area contributed by atoms with Crippen molar-refractivity contribution < 1.29 is 9.90 Å². The van der Waals surface area contributed by atoms with Crippen molar-refractivity contribution in [1.29, 1.82) is 0 Å². The number of nitrogens with zero attached hydrogens (tertiary/aromatic N) is 4. The van der Waals surface area contributed by atoms with Crippen LogP contribution < -0.4 is 9.80 Å². The molecule has 6 heteroatoms. The minimum Gasteiger partial charge on any atom is -0.481 e. The van der Waals surface area contributed by atoms with Crippen LogP contribution in [0.5, 0.6) is 0 Å². The van der Waals surface area contributed by atoms with Crippen molar-refractivity contribution in [3.05, 3.63) is 11.9 Å². The molecule has 0 radical (unpaired) electrons. The van der Waals surface area contributed by atoms with E-state index in [0.717, 1.165) is 24.7 Å². The summed E-state index contributed by atoms with van der Waals surface area (Å²) in [6.45, 7) is 8.20. The van der Waals surface area contributed by atoms with Crippen LogP contribution in [0, 0.1) is 6.92 Å². The van der Waals surface area contributed by atoms with Crippen molar-refractivity contribution in [2.75, 3.05) is 36.5 Å². The van der Waals surface area contributed by atoms with E-state index in [4.69, 9.17) is 5.11 Å². The number of aromatic nitrogens is 2. The van der Waals surface area contributed by atoms with Crippen molar-refractivity contribution in [2.24, 2.45) is 0 Å². The number of rotatable bonds is 7. The van der Waals surface area contributed by atoms with Crippen LogP contribution in [0.1, 0.15) is 26.1 Å². The molecule has 0 fully saturated rings. The van der Waals surface area contributed by atoms with Gasteiger partial charge in [0.15, 0.2) is 0 Å². The van der Waals surface area contributed by atoms with Crippen molar-refractivity contribution >= 4 is 17.6 Å². The standard InChI is InChI=1S/C13H22N4O2/c1-5-17(6-2)12-9-11(14-10(3)15-12)16(4)8-7-13(18)19/h9H,5-8H2,1-4H3,(H,18,19). The van der Waals surface area contributed by atoms with Crippen molar-refractivity contribution in [2.45, 2.75) is 27.2 Å². The normalized spacial score (nSPS) is 10.3. The summed E-state index contributed by atoms with van der Waals surface area (Å²) < 4.78 is 0. The molecule has 0 aliphatic heterocycles. The lowest BCUT2D eigenvalue weighted by Gasteiger charge is -2.23. The molecule has 0 bridgehead atoms. The summed E-state index contributed by atoms with van der Waals surface area (Å²) in [5.74, 6) is 1.54. The zero-order valence-corrected chi connectivity index (χ0v) is 12.1. The van der Waals surface area contributed by atoms with Gasteiger partial charge in [0.1, 0.15) is 17.5 Å². The Bertz CT molecular complexity index is 433. The number of hydrogen-bond donors (Lipinski definition) is 1. The van der Waals surface area contributed by atoms with Crippen LogP contribution in [0.25, 0.3) is 0 Å². The van der Waals surface area contributed by atoms with Crippen LogP contribution in [-0.4, -0.2) is 47.7 Å². The quantitative estimate of drug-likeness (QED) is 0.807. The second-order valence-corrected chi connectivity index (χ2v) is 4.37. The molecule has 106 valence electrons. The molecule has 19 heavy (non-hydrogen) atoms. The van der Waals surface area contributed by atoms with Gasteiger partial charge in [-0.2, -0.15) is 0 Å². The lowest BCUT2D eigenvalue weighted by Crippen LogP contribution is -2.26. The Labute approximate surface area is 114 Å². The van der Waals surface area contributed by atoms with Crippen LogP contribution in [0.2, 0.25) is 0 Å². The Hall–Kier alpha value is -1.85. The average Bonchev–Trinajstić information content (AvgIpc) is 2.36. The van der Waals surface area contributed by atoms with E-state index < -0.39 is 5.97 Å². The molecule has 0 atom stereocenters. The lowest BCUT2D eigenvalue weighted by atomic mass is 10.3. The molecule has 0 saturated heterocycles. The number of aryl methyl sites for hydroxylation is 1. The summed E-state index contributed by atoms with van der Waals surface area (Å²) in [5.41, 5.74) is 0. The van der Waals surface area contributed by atoms with Gasteiger partial charge in [0, 0.05) is 32.7 Å². The summed E-state index contributed by atoms with van der Waals surface area (Å²) in [5, 5.41) is 8.72. The molecule has 0 aliphatic rings. The smallest absolute Gasteiger partial charge is 0.305 e. The van der Waals surface area contributed by atoms with E-state index in [9.17, 15) is 4.79 Å². The summed E-state index contributed by atoms with van der Waals surface area (Å²) in [6.07, 6.45) is 0.0974. The fourth-order valence-electron chi connectivity index (χ4n) is 1.82. The minimum atomic E-state index is -0.804. The Morgan fingerprint density at radius 1 is 1.26 bits per heavy atom. The molecule has 0 aliphatic carbocycles. The first-order valence-corrected chi connectivity index (χ1v) is 6.51. The van der Waals surface area contributed by atoms with E-state index in [0.29, 0.717) is 12.4 Å². The highest BCUT2D eigenvalue weighted by atomic mass is 16.4. The second-order valence-electron chi connectivity index (χ2n) is 4.37. The van der Waals surface area contributed by atoms with Gasteiger partial charge in [-0.1, -0.05) is 0 Å². The monoisotopic (exact) mass is 266 g/mol. The molecule has 0 amide bonds. The third kappa shape index (κ3) is 4.39. The molecule has 1 heterocycles. The van der Waals surface area contributed by atoms with Crippen LogP contribution in [-0.2, 0) is 4.79 Å². The predicted octanol–water partition coefficient (Wildman–Crippen LogP) is 1.54. The molecule has 1 rings (SSSR count). The maximum absolute atomic E-state index is 10.6. The molecule has 6 nitrogen and oxygen atoms in total. The minimum absolute atomic E-state index is 0.0974. The zero-order valence-electron chi connectivity index (χ0n) is 12.1. The number of carbonyl (C=O) groups is 1. The van der Waals surface area contributed by atoms with E-state index in [1.165, 1.54) is 0 Å². The highest BCUT2D eigenvalue weighted by Gasteiger charge is 2.11. The van der Waals surface area contributed by atoms with Crippen molar-refractivity contribution in [1.82, 2.24) is 9.97 Å². The molecule has 0 saturated carbocycles. The first-order chi connectivity index (χ1) is 8.97. The first kappa shape index (κ1) is 15.2. The fourth-order valence-corrected chi connectivity index (χ4v) is 1.82. The largest absolute Gasteiger partial charge is 0.481 e. The number of aliphatic carboxylic acids is 1. The molecule has 1 aromatic rings. The highest BCUT2D eigenvalue weighted by molar-refractivity contribution is 5.67. The van der Waals surface area contributed by atoms with E-state index in [-0.39, 0.29) is 6.42 Å². The van der Waals surface area contributed by atoms with Gasteiger partial charge in [-0.25, -0.2) is 9.97 Å². The van der Waals surface area contributed by atoms with Crippen LogP contribution in [0.3, 0.4) is 0 Å². The van der Waals surface area contributed by atoms with Gasteiger partial charge in [-0.05, 0) is 20.8 Å². The molecule has 1 aromatic heterocycles. The molecular formula is C13H22N4O2. The van der Waals surface area contributed by atoms with Gasteiger partial charge in [-0.15, -0.1) is 0 Å². The van der Waals surface area contributed by atoms with Crippen LogP contribution in [0.4, 0.5) is 11.6 Å². The molecule has 0 spiro atoms. The number of anilines is 2. The molecular weight excluding hydrogens is 244 g/mol. The Morgan fingerprint density at radius 3 is 2.37 bits per heavy atom. The van der Waals surface area contributed by atoms with Crippen LogP contribution in [0.15, 0.2) is 6.07 Å². The van der Waals surface area contributed by atoms with Gasteiger partial charge in [-0.3, -0.25) is 4.79 Å². The summed E-state index contributed by atoms with van der Waals surface area (Å²) in [6, 6.07) is 1.90. The topological polar surface area (TPSA) is 69.6 Å². The Kier molecular flexibility index (Phi) is 5.54. The maximum atomic E-state index is 10.6. The number of hydrogen-bond acceptors (Lipinski definition) is 5. The molecule has 1 N–H and O–H groups in total. The predicted molar refractivity (Wildman–Crippen MR) is 75.9 cm³/mol. The molecule has 0 aromatic carbocycles. The van der Waals surface area contributed by atoms with Gasteiger partial charge in [0.25, 0.3) is 0 Å². The average molecular weight is 266 g/mol. The highest BCUT2D eigenvalue weighted by Crippen LogP contribution is 2.18. The fraction of sp³-hybridized carbons (Fsp3) is 0.615. The zero-order chi connectivity index (χ0) is 14.4.